The van der Waals surface area contributed by atoms with Crippen molar-refractivity contribution in [1.82, 2.24) is 0 Å². The Bertz CT molecular complexity index is 2220. The first kappa shape index (κ1) is 29.2. The molecule has 0 atom stereocenters. The highest BCUT2D eigenvalue weighted by molar-refractivity contribution is 6.11. The SMILES string of the molecule is C(=C/c1ccc2ccccc2c1-c1c(/C=C\c2ccc(-c3ccccc3)cc2)ccc2ccccc12)/c1ccc(-c2ccccc2)cc1. The summed E-state index contributed by atoms with van der Waals surface area (Å²) < 4.78 is 0. The van der Waals surface area contributed by atoms with Gasteiger partial charge in [-0.1, -0.05) is 206 Å². The summed E-state index contributed by atoms with van der Waals surface area (Å²) in [6, 6.07) is 65.2. The van der Waals surface area contributed by atoms with Crippen LogP contribution in [0.25, 0.3) is 79.2 Å². The molecule has 0 heteroatoms. The van der Waals surface area contributed by atoms with Crippen LogP contribution in [0, 0.1) is 0 Å². The maximum absolute atomic E-state index is 2.27. The maximum Gasteiger partial charge on any atom is -0.00206 e. The first-order valence-electron chi connectivity index (χ1n) is 16.5. The first-order valence-corrected chi connectivity index (χ1v) is 16.5. The van der Waals surface area contributed by atoms with Crippen molar-refractivity contribution >= 4 is 45.8 Å². The zero-order chi connectivity index (χ0) is 32.1. The molecule has 0 radical (unpaired) electrons. The van der Waals surface area contributed by atoms with Crippen molar-refractivity contribution in [2.24, 2.45) is 0 Å². The lowest BCUT2D eigenvalue weighted by molar-refractivity contribution is 1.60. The predicted molar refractivity (Wildman–Crippen MR) is 209 cm³/mol. The summed E-state index contributed by atoms with van der Waals surface area (Å²) in [6.07, 6.45) is 9.02. The third kappa shape index (κ3) is 6.00. The Labute approximate surface area is 282 Å². The molecular weight excluding hydrogens is 577 g/mol. The van der Waals surface area contributed by atoms with E-state index >= 15 is 0 Å². The highest BCUT2D eigenvalue weighted by Crippen LogP contribution is 2.40. The molecule has 0 unspecified atom stereocenters. The van der Waals surface area contributed by atoms with E-state index in [1.807, 2.05) is 0 Å². The number of benzene rings is 8. The van der Waals surface area contributed by atoms with Crippen LogP contribution in [0.2, 0.25) is 0 Å². The number of hydrogen-bond donors (Lipinski definition) is 0. The van der Waals surface area contributed by atoms with Crippen LogP contribution >= 0.6 is 0 Å². The molecule has 0 saturated carbocycles. The summed E-state index contributed by atoms with van der Waals surface area (Å²) in [5, 5.41) is 4.96. The maximum atomic E-state index is 2.27. The van der Waals surface area contributed by atoms with Crippen molar-refractivity contribution in [2.75, 3.05) is 0 Å². The molecule has 0 amide bonds. The van der Waals surface area contributed by atoms with Crippen LogP contribution in [0.15, 0.2) is 182 Å². The Morgan fingerprint density at radius 1 is 0.250 bits per heavy atom. The van der Waals surface area contributed by atoms with Crippen molar-refractivity contribution in [1.29, 1.82) is 0 Å². The van der Waals surface area contributed by atoms with Gasteiger partial charge in [-0.2, -0.15) is 0 Å². The Hall–Kier alpha value is -6.24. The van der Waals surface area contributed by atoms with E-state index in [9.17, 15) is 0 Å². The summed E-state index contributed by atoms with van der Waals surface area (Å²) in [5.41, 5.74) is 12.1. The first-order chi connectivity index (χ1) is 23.8. The standard InChI is InChI=1S/C48H34/c1-3-11-37(12-4-1)39-25-19-35(20-26-39)23-29-43-33-31-41-15-7-9-17-45(41)47(43)48-44(34-32-42-16-8-10-18-46(42)48)30-24-36-21-27-40(28-22-36)38-13-5-2-6-14-38/h1-34H/b29-23-,30-24-. The van der Waals surface area contributed by atoms with Gasteiger partial charge in [0, 0.05) is 0 Å². The van der Waals surface area contributed by atoms with E-state index in [0.29, 0.717) is 0 Å². The van der Waals surface area contributed by atoms with Crippen LogP contribution < -0.4 is 0 Å². The van der Waals surface area contributed by atoms with Crippen LogP contribution in [-0.4, -0.2) is 0 Å². The van der Waals surface area contributed by atoms with Crippen molar-refractivity contribution in [3.05, 3.63) is 204 Å². The molecule has 8 aromatic rings. The molecule has 48 heavy (non-hydrogen) atoms. The molecule has 0 nitrogen and oxygen atoms in total. The van der Waals surface area contributed by atoms with Crippen LogP contribution in [0.3, 0.4) is 0 Å². The van der Waals surface area contributed by atoms with Gasteiger partial charge in [0.1, 0.15) is 0 Å². The largest absolute Gasteiger partial charge is 0.0622 e. The lowest BCUT2D eigenvalue weighted by atomic mass is 9.86. The smallest absolute Gasteiger partial charge is 0.00206 e. The van der Waals surface area contributed by atoms with Gasteiger partial charge in [-0.05, 0) is 77.2 Å². The predicted octanol–water partition coefficient (Wildman–Crippen LogP) is 13.3. The molecule has 0 heterocycles. The van der Waals surface area contributed by atoms with E-state index in [4.69, 9.17) is 0 Å². The molecule has 0 N–H and O–H groups in total. The van der Waals surface area contributed by atoms with Gasteiger partial charge >= 0.3 is 0 Å². The fourth-order valence-corrected chi connectivity index (χ4v) is 6.62. The highest BCUT2D eigenvalue weighted by atomic mass is 14.2. The molecule has 226 valence electrons. The Kier molecular flexibility index (Phi) is 8.05. The molecule has 8 rings (SSSR count). The van der Waals surface area contributed by atoms with Gasteiger partial charge < -0.3 is 0 Å². The molecular formula is C48H34. The average molecular weight is 611 g/mol. The quantitative estimate of drug-likeness (QED) is 0.158. The van der Waals surface area contributed by atoms with E-state index in [1.54, 1.807) is 0 Å². The number of hydrogen-bond acceptors (Lipinski definition) is 0. The Morgan fingerprint density at radius 3 is 1.02 bits per heavy atom. The van der Waals surface area contributed by atoms with Crippen LogP contribution in [-0.2, 0) is 0 Å². The fourth-order valence-electron chi connectivity index (χ4n) is 6.62. The van der Waals surface area contributed by atoms with Gasteiger partial charge in [0.25, 0.3) is 0 Å². The third-order valence-corrected chi connectivity index (χ3v) is 9.12. The summed E-state index contributed by atoms with van der Waals surface area (Å²) in [7, 11) is 0. The second-order valence-corrected chi connectivity index (χ2v) is 12.1. The van der Waals surface area contributed by atoms with Crippen LogP contribution in [0.5, 0.6) is 0 Å². The summed E-state index contributed by atoms with van der Waals surface area (Å²) in [5.74, 6) is 0. The average Bonchev–Trinajstić information content (AvgIpc) is 3.17. The molecule has 0 aliphatic carbocycles. The molecule has 0 aliphatic rings. The molecule has 0 aromatic heterocycles. The molecule has 0 aliphatic heterocycles. The molecule has 0 fully saturated rings. The van der Waals surface area contributed by atoms with Gasteiger partial charge in [-0.25, -0.2) is 0 Å². The van der Waals surface area contributed by atoms with Crippen molar-refractivity contribution < 1.29 is 0 Å². The minimum atomic E-state index is 1.17. The minimum Gasteiger partial charge on any atom is -0.0622 e. The highest BCUT2D eigenvalue weighted by Gasteiger charge is 2.15. The van der Waals surface area contributed by atoms with Crippen molar-refractivity contribution in [3.63, 3.8) is 0 Å². The zero-order valence-electron chi connectivity index (χ0n) is 26.6. The number of fused-ring (bicyclic) bond motifs is 2. The third-order valence-electron chi connectivity index (χ3n) is 9.12. The van der Waals surface area contributed by atoms with Crippen LogP contribution in [0.1, 0.15) is 22.3 Å². The van der Waals surface area contributed by atoms with Gasteiger partial charge in [0.2, 0.25) is 0 Å². The van der Waals surface area contributed by atoms with Crippen molar-refractivity contribution in [2.45, 2.75) is 0 Å². The fraction of sp³-hybridized carbons (Fsp3) is 0. The molecule has 0 bridgehead atoms. The van der Waals surface area contributed by atoms with Crippen molar-refractivity contribution in [3.8, 4) is 33.4 Å². The zero-order valence-corrected chi connectivity index (χ0v) is 26.6. The number of rotatable bonds is 7. The van der Waals surface area contributed by atoms with E-state index in [-0.39, 0.29) is 0 Å². The molecule has 0 saturated heterocycles. The van der Waals surface area contributed by atoms with E-state index in [2.05, 4.69) is 206 Å². The van der Waals surface area contributed by atoms with Gasteiger partial charge in [0.15, 0.2) is 0 Å². The summed E-state index contributed by atoms with van der Waals surface area (Å²) >= 11 is 0. The monoisotopic (exact) mass is 610 g/mol. The molecule has 8 aromatic carbocycles. The van der Waals surface area contributed by atoms with E-state index < -0.39 is 0 Å². The topological polar surface area (TPSA) is 0 Å². The Balaban J connectivity index is 1.23. The lowest BCUT2D eigenvalue weighted by Crippen LogP contribution is -1.92. The summed E-state index contributed by atoms with van der Waals surface area (Å²) in [4.78, 5) is 0. The van der Waals surface area contributed by atoms with E-state index in [0.717, 1.165) is 0 Å². The minimum absolute atomic E-state index is 1.17. The van der Waals surface area contributed by atoms with Crippen LogP contribution in [0.4, 0.5) is 0 Å². The van der Waals surface area contributed by atoms with Gasteiger partial charge in [-0.3, -0.25) is 0 Å². The second-order valence-electron chi connectivity index (χ2n) is 12.1. The molecule has 0 spiro atoms. The lowest BCUT2D eigenvalue weighted by Gasteiger charge is -2.17. The second kappa shape index (κ2) is 13.2. The summed E-state index contributed by atoms with van der Waals surface area (Å²) in [6.45, 7) is 0. The van der Waals surface area contributed by atoms with Gasteiger partial charge in [0.05, 0.1) is 0 Å². The normalized spacial score (nSPS) is 11.6. The van der Waals surface area contributed by atoms with Gasteiger partial charge in [-0.15, -0.1) is 0 Å². The Morgan fingerprint density at radius 2 is 0.604 bits per heavy atom. The van der Waals surface area contributed by atoms with E-state index in [1.165, 1.54) is 77.2 Å².